The van der Waals surface area contributed by atoms with Gasteiger partial charge in [-0.2, -0.15) is 0 Å². The van der Waals surface area contributed by atoms with Crippen LogP contribution in [-0.4, -0.2) is 23.9 Å². The Morgan fingerprint density at radius 1 is 1.50 bits per heavy atom. The lowest BCUT2D eigenvalue weighted by atomic mass is 10.1. The molecule has 0 spiro atoms. The van der Waals surface area contributed by atoms with Crippen molar-refractivity contribution in [1.29, 1.82) is 0 Å². The lowest BCUT2D eigenvalue weighted by Gasteiger charge is -2.22. The zero-order chi connectivity index (χ0) is 13.1. The van der Waals surface area contributed by atoms with Gasteiger partial charge in [-0.05, 0) is 53.2 Å². The first-order valence-electron chi connectivity index (χ1n) is 6.36. The summed E-state index contributed by atoms with van der Waals surface area (Å²) in [7, 11) is 0. The fraction of sp³-hybridized carbons (Fsp3) is 0.500. The van der Waals surface area contributed by atoms with E-state index in [9.17, 15) is 9.18 Å². The van der Waals surface area contributed by atoms with Crippen molar-refractivity contribution >= 4 is 21.8 Å². The van der Waals surface area contributed by atoms with E-state index in [1.165, 1.54) is 18.9 Å². The van der Waals surface area contributed by atoms with Crippen molar-refractivity contribution in [2.75, 3.05) is 13.1 Å². The van der Waals surface area contributed by atoms with E-state index >= 15 is 0 Å². The van der Waals surface area contributed by atoms with Gasteiger partial charge in [0, 0.05) is 17.6 Å². The van der Waals surface area contributed by atoms with E-state index in [2.05, 4.69) is 15.9 Å². The number of hydrogen-bond donors (Lipinski definition) is 0. The minimum Gasteiger partial charge on any atom is -0.338 e. The van der Waals surface area contributed by atoms with Gasteiger partial charge in [0.2, 0.25) is 0 Å². The smallest absolute Gasteiger partial charge is 0.257 e. The molecule has 1 aromatic carbocycles. The topological polar surface area (TPSA) is 20.3 Å². The minimum atomic E-state index is -0.453. The fourth-order valence-corrected chi connectivity index (χ4v) is 2.53. The molecule has 18 heavy (non-hydrogen) atoms. The Bertz CT molecular complexity index is 425. The van der Waals surface area contributed by atoms with Gasteiger partial charge in [-0.1, -0.05) is 13.0 Å². The summed E-state index contributed by atoms with van der Waals surface area (Å²) in [5.41, 5.74) is 0.159. The molecule has 1 aliphatic carbocycles. The highest BCUT2D eigenvalue weighted by Gasteiger charge is 2.28. The van der Waals surface area contributed by atoms with Crippen molar-refractivity contribution in [1.82, 2.24) is 4.90 Å². The normalized spacial score (nSPS) is 14.6. The number of amides is 1. The van der Waals surface area contributed by atoms with E-state index in [0.29, 0.717) is 16.9 Å². The quantitative estimate of drug-likeness (QED) is 0.808. The Hall–Kier alpha value is -0.900. The minimum absolute atomic E-state index is 0.159. The molecule has 0 saturated heterocycles. The van der Waals surface area contributed by atoms with Crippen molar-refractivity contribution in [3.05, 3.63) is 34.1 Å². The molecule has 1 fully saturated rings. The van der Waals surface area contributed by atoms with Crippen LogP contribution in [0.3, 0.4) is 0 Å². The SMILES string of the molecule is CCCN(CC1CC1)C(=O)c1c(F)cccc1Br. The van der Waals surface area contributed by atoms with Crippen LogP contribution in [0.1, 0.15) is 36.5 Å². The third-order valence-electron chi connectivity index (χ3n) is 3.13. The Balaban J connectivity index is 2.20. The number of rotatable bonds is 5. The van der Waals surface area contributed by atoms with Gasteiger partial charge in [0.1, 0.15) is 5.82 Å². The molecule has 0 radical (unpaired) electrons. The average molecular weight is 314 g/mol. The van der Waals surface area contributed by atoms with Crippen molar-refractivity contribution in [2.24, 2.45) is 5.92 Å². The molecular formula is C14H17BrFNO. The van der Waals surface area contributed by atoms with E-state index in [1.54, 1.807) is 17.0 Å². The van der Waals surface area contributed by atoms with Gasteiger partial charge in [-0.25, -0.2) is 4.39 Å². The fourth-order valence-electron chi connectivity index (χ4n) is 2.02. The number of carbonyl (C=O) groups is 1. The standard InChI is InChI=1S/C14H17BrFNO/c1-2-8-17(9-10-6-7-10)14(18)13-11(15)4-3-5-12(13)16/h3-5,10H,2,6-9H2,1H3. The van der Waals surface area contributed by atoms with Crippen molar-refractivity contribution in [3.8, 4) is 0 Å². The zero-order valence-corrected chi connectivity index (χ0v) is 12.0. The Kier molecular flexibility index (Phi) is 4.38. The first-order chi connectivity index (χ1) is 8.63. The summed E-state index contributed by atoms with van der Waals surface area (Å²) >= 11 is 3.26. The summed E-state index contributed by atoms with van der Waals surface area (Å²) in [6.45, 7) is 3.48. The molecule has 0 aromatic heterocycles. The summed E-state index contributed by atoms with van der Waals surface area (Å²) in [6, 6.07) is 4.64. The lowest BCUT2D eigenvalue weighted by Crippen LogP contribution is -2.34. The molecule has 2 nitrogen and oxygen atoms in total. The van der Waals surface area contributed by atoms with E-state index < -0.39 is 5.82 Å². The third kappa shape index (κ3) is 3.10. The van der Waals surface area contributed by atoms with Crippen molar-refractivity contribution in [3.63, 3.8) is 0 Å². The van der Waals surface area contributed by atoms with Crippen LogP contribution in [0.15, 0.2) is 22.7 Å². The molecule has 0 bridgehead atoms. The molecule has 1 aromatic rings. The van der Waals surface area contributed by atoms with Gasteiger partial charge in [-0.3, -0.25) is 4.79 Å². The van der Waals surface area contributed by atoms with Gasteiger partial charge in [0.05, 0.1) is 5.56 Å². The average Bonchev–Trinajstić information content (AvgIpc) is 3.12. The summed E-state index contributed by atoms with van der Waals surface area (Å²) in [5, 5.41) is 0. The second-order valence-electron chi connectivity index (χ2n) is 4.79. The van der Waals surface area contributed by atoms with Crippen LogP contribution in [-0.2, 0) is 0 Å². The van der Waals surface area contributed by atoms with Gasteiger partial charge < -0.3 is 4.90 Å². The molecule has 1 aliphatic rings. The van der Waals surface area contributed by atoms with Crippen LogP contribution in [0.25, 0.3) is 0 Å². The molecule has 0 aliphatic heterocycles. The summed E-state index contributed by atoms with van der Waals surface area (Å²) in [5.74, 6) is -0.0361. The van der Waals surface area contributed by atoms with Gasteiger partial charge >= 0.3 is 0 Å². The number of nitrogens with zero attached hydrogens (tertiary/aromatic N) is 1. The summed E-state index contributed by atoms with van der Waals surface area (Å²) in [6.07, 6.45) is 3.27. The molecule has 4 heteroatoms. The highest BCUT2D eigenvalue weighted by molar-refractivity contribution is 9.10. The predicted molar refractivity (Wildman–Crippen MR) is 73.0 cm³/mol. The Labute approximate surface area is 115 Å². The monoisotopic (exact) mass is 313 g/mol. The number of benzene rings is 1. The molecule has 0 N–H and O–H groups in total. The molecule has 98 valence electrons. The zero-order valence-electron chi connectivity index (χ0n) is 10.5. The maximum absolute atomic E-state index is 13.8. The first kappa shape index (κ1) is 13.5. The van der Waals surface area contributed by atoms with Crippen LogP contribution in [0, 0.1) is 11.7 Å². The van der Waals surface area contributed by atoms with Crippen molar-refractivity contribution in [2.45, 2.75) is 26.2 Å². The molecule has 0 atom stereocenters. The second kappa shape index (κ2) is 5.83. The summed E-state index contributed by atoms with van der Waals surface area (Å²) < 4.78 is 14.3. The van der Waals surface area contributed by atoms with Crippen LogP contribution >= 0.6 is 15.9 Å². The molecular weight excluding hydrogens is 297 g/mol. The maximum atomic E-state index is 13.8. The molecule has 0 unspecified atom stereocenters. The highest BCUT2D eigenvalue weighted by Crippen LogP contribution is 2.31. The maximum Gasteiger partial charge on any atom is 0.257 e. The summed E-state index contributed by atoms with van der Waals surface area (Å²) in [4.78, 5) is 14.2. The lowest BCUT2D eigenvalue weighted by molar-refractivity contribution is 0.0742. The highest BCUT2D eigenvalue weighted by atomic mass is 79.9. The molecule has 0 heterocycles. The van der Waals surface area contributed by atoms with Gasteiger partial charge in [0.15, 0.2) is 0 Å². The first-order valence-corrected chi connectivity index (χ1v) is 7.16. The number of halogens is 2. The number of hydrogen-bond acceptors (Lipinski definition) is 1. The van der Waals surface area contributed by atoms with Crippen LogP contribution < -0.4 is 0 Å². The Morgan fingerprint density at radius 2 is 2.22 bits per heavy atom. The van der Waals surface area contributed by atoms with E-state index in [-0.39, 0.29) is 11.5 Å². The van der Waals surface area contributed by atoms with Gasteiger partial charge in [-0.15, -0.1) is 0 Å². The number of carbonyl (C=O) groups excluding carboxylic acids is 1. The van der Waals surface area contributed by atoms with Gasteiger partial charge in [0.25, 0.3) is 5.91 Å². The van der Waals surface area contributed by atoms with Crippen molar-refractivity contribution < 1.29 is 9.18 Å². The Morgan fingerprint density at radius 3 is 2.78 bits per heavy atom. The largest absolute Gasteiger partial charge is 0.338 e. The molecule has 1 amide bonds. The third-order valence-corrected chi connectivity index (χ3v) is 3.79. The molecule has 2 rings (SSSR count). The van der Waals surface area contributed by atoms with E-state index in [4.69, 9.17) is 0 Å². The second-order valence-corrected chi connectivity index (χ2v) is 5.65. The van der Waals surface area contributed by atoms with Crippen LogP contribution in [0.2, 0.25) is 0 Å². The predicted octanol–water partition coefficient (Wildman–Crippen LogP) is 3.85. The molecule has 1 saturated carbocycles. The van der Waals surface area contributed by atoms with Crippen LogP contribution in [0.5, 0.6) is 0 Å². The van der Waals surface area contributed by atoms with E-state index in [1.807, 2.05) is 6.92 Å². The van der Waals surface area contributed by atoms with Crippen LogP contribution in [0.4, 0.5) is 4.39 Å². The van der Waals surface area contributed by atoms with E-state index in [0.717, 1.165) is 13.0 Å².